The molecular weight excluding hydrogens is 336 g/mol. The minimum absolute atomic E-state index is 0.0243. The van der Waals surface area contributed by atoms with Crippen LogP contribution in [0.5, 0.6) is 11.5 Å². The Morgan fingerprint density at radius 1 is 1.43 bits per heavy atom. The van der Waals surface area contributed by atoms with E-state index in [1.807, 2.05) is 0 Å². The van der Waals surface area contributed by atoms with Gasteiger partial charge in [-0.3, -0.25) is 0 Å². The molecule has 1 aliphatic heterocycles. The Bertz CT molecular complexity index is 640. The van der Waals surface area contributed by atoms with Gasteiger partial charge in [-0.1, -0.05) is 23.2 Å². The quantitative estimate of drug-likeness (QED) is 0.888. The third kappa shape index (κ3) is 2.75. The molecule has 21 heavy (non-hydrogen) atoms. The lowest BCUT2D eigenvalue weighted by molar-refractivity contribution is -0.187. The number of hydrogen-bond acceptors (Lipinski definition) is 3. The fourth-order valence-electron chi connectivity index (χ4n) is 1.86. The topological polar surface area (TPSA) is 55.8 Å². The Morgan fingerprint density at radius 3 is 2.52 bits per heavy atom. The molecule has 1 N–H and O–H groups in total. The Labute approximate surface area is 126 Å². The number of fused-ring (bicyclic) bond motifs is 1. The summed E-state index contributed by atoms with van der Waals surface area (Å²) in [6.45, 7) is 0. The van der Waals surface area contributed by atoms with Crippen LogP contribution in [-0.4, -0.2) is 30.5 Å². The highest BCUT2D eigenvalue weighted by Gasteiger charge is 2.49. The molecular formula is C12H7Cl2F3O4. The van der Waals surface area contributed by atoms with E-state index in [9.17, 15) is 18.0 Å². The predicted molar refractivity (Wildman–Crippen MR) is 69.1 cm³/mol. The van der Waals surface area contributed by atoms with Crippen LogP contribution in [0.25, 0.3) is 6.08 Å². The number of carboxylic acids is 1. The molecule has 0 fully saturated rings. The van der Waals surface area contributed by atoms with Crippen LogP contribution in [-0.2, 0) is 4.79 Å². The summed E-state index contributed by atoms with van der Waals surface area (Å²) in [7, 11) is 1.24. The average Bonchev–Trinajstić information content (AvgIpc) is 2.36. The zero-order chi connectivity index (χ0) is 15.9. The van der Waals surface area contributed by atoms with Gasteiger partial charge in [-0.05, 0) is 12.1 Å². The number of ether oxygens (including phenoxy) is 2. The number of rotatable bonds is 2. The van der Waals surface area contributed by atoms with Gasteiger partial charge in [0.05, 0.1) is 17.7 Å². The first-order valence-electron chi connectivity index (χ1n) is 5.41. The zero-order valence-electron chi connectivity index (χ0n) is 10.3. The van der Waals surface area contributed by atoms with Crippen molar-refractivity contribution in [2.24, 2.45) is 0 Å². The second-order valence-electron chi connectivity index (χ2n) is 4.07. The number of aliphatic carboxylic acids is 1. The van der Waals surface area contributed by atoms with Gasteiger partial charge in [0.1, 0.15) is 10.8 Å². The highest BCUT2D eigenvalue weighted by Crippen LogP contribution is 2.47. The van der Waals surface area contributed by atoms with Crippen LogP contribution in [0.2, 0.25) is 10.0 Å². The van der Waals surface area contributed by atoms with Crippen LogP contribution in [0.3, 0.4) is 0 Å². The van der Waals surface area contributed by atoms with E-state index in [0.29, 0.717) is 0 Å². The Morgan fingerprint density at radius 2 is 2.05 bits per heavy atom. The average molecular weight is 343 g/mol. The molecule has 0 spiro atoms. The van der Waals surface area contributed by atoms with Crippen molar-refractivity contribution in [1.82, 2.24) is 0 Å². The number of hydrogen-bond donors (Lipinski definition) is 1. The lowest BCUT2D eigenvalue weighted by atomic mass is 10.0. The second kappa shape index (κ2) is 5.31. The van der Waals surface area contributed by atoms with E-state index in [2.05, 4.69) is 0 Å². The first-order chi connectivity index (χ1) is 9.66. The van der Waals surface area contributed by atoms with E-state index in [-0.39, 0.29) is 27.1 Å². The van der Waals surface area contributed by atoms with Crippen molar-refractivity contribution in [3.05, 3.63) is 27.2 Å². The summed E-state index contributed by atoms with van der Waals surface area (Å²) in [5.74, 6) is -2.12. The molecule has 4 nitrogen and oxygen atoms in total. The lowest BCUT2D eigenvalue weighted by Crippen LogP contribution is -2.40. The van der Waals surface area contributed by atoms with Gasteiger partial charge in [0.2, 0.25) is 6.10 Å². The Balaban J connectivity index is 2.66. The van der Waals surface area contributed by atoms with Crippen LogP contribution in [0, 0.1) is 0 Å². The van der Waals surface area contributed by atoms with Crippen LogP contribution < -0.4 is 9.47 Å². The van der Waals surface area contributed by atoms with Crippen molar-refractivity contribution < 1.29 is 32.5 Å². The molecule has 114 valence electrons. The molecule has 1 unspecified atom stereocenters. The summed E-state index contributed by atoms with van der Waals surface area (Å²) in [6, 6.07) is 1.22. The predicted octanol–water partition coefficient (Wildman–Crippen LogP) is 3.79. The van der Waals surface area contributed by atoms with Gasteiger partial charge in [-0.15, -0.1) is 0 Å². The minimum Gasteiger partial charge on any atom is -0.493 e. The summed E-state index contributed by atoms with van der Waals surface area (Å²) in [5, 5.41) is 8.67. The zero-order valence-corrected chi connectivity index (χ0v) is 11.8. The summed E-state index contributed by atoms with van der Waals surface area (Å²) in [6.07, 6.45) is -6.69. The van der Waals surface area contributed by atoms with Crippen LogP contribution in [0.4, 0.5) is 13.2 Å². The number of carboxylic acid groups (broad SMARTS) is 1. The monoisotopic (exact) mass is 342 g/mol. The van der Waals surface area contributed by atoms with E-state index in [0.717, 1.165) is 6.08 Å². The van der Waals surface area contributed by atoms with E-state index in [1.54, 1.807) is 0 Å². The van der Waals surface area contributed by atoms with Crippen LogP contribution in [0.15, 0.2) is 11.6 Å². The molecule has 1 aromatic rings. The van der Waals surface area contributed by atoms with E-state index >= 15 is 0 Å². The number of methoxy groups -OCH3 is 1. The van der Waals surface area contributed by atoms with Gasteiger partial charge < -0.3 is 14.6 Å². The molecule has 0 saturated carbocycles. The molecule has 0 saturated heterocycles. The molecule has 0 aliphatic carbocycles. The van der Waals surface area contributed by atoms with E-state index < -0.39 is 23.8 Å². The van der Waals surface area contributed by atoms with Gasteiger partial charge in [-0.25, -0.2) is 4.79 Å². The summed E-state index contributed by atoms with van der Waals surface area (Å²) in [5.41, 5.74) is -0.920. The van der Waals surface area contributed by atoms with Gasteiger partial charge in [0, 0.05) is 5.56 Å². The fraction of sp³-hybridized carbons (Fsp3) is 0.250. The van der Waals surface area contributed by atoms with Gasteiger partial charge in [0.15, 0.2) is 5.75 Å². The maximum atomic E-state index is 12.9. The van der Waals surface area contributed by atoms with Gasteiger partial charge in [0.25, 0.3) is 0 Å². The molecule has 1 heterocycles. The normalized spacial score (nSPS) is 17.6. The lowest BCUT2D eigenvalue weighted by Gasteiger charge is -2.28. The second-order valence-corrected chi connectivity index (χ2v) is 4.85. The summed E-state index contributed by atoms with van der Waals surface area (Å²) < 4.78 is 48.4. The molecule has 9 heteroatoms. The number of halogens is 5. The minimum atomic E-state index is -4.90. The fourth-order valence-corrected chi connectivity index (χ4v) is 2.53. The maximum absolute atomic E-state index is 12.9. The third-order valence-electron chi connectivity index (χ3n) is 2.74. The molecule has 0 bridgehead atoms. The molecule has 0 radical (unpaired) electrons. The van der Waals surface area contributed by atoms with Crippen molar-refractivity contribution in [1.29, 1.82) is 0 Å². The largest absolute Gasteiger partial charge is 0.493 e. The molecule has 0 aromatic heterocycles. The molecule has 1 aliphatic rings. The van der Waals surface area contributed by atoms with Crippen molar-refractivity contribution >= 4 is 35.2 Å². The SMILES string of the molecule is COc1c(Cl)cc2c(c1Cl)OC(C(F)(F)F)C(C(=O)O)=C2. The number of alkyl halides is 3. The summed E-state index contributed by atoms with van der Waals surface area (Å²) >= 11 is 11.8. The number of carbonyl (C=O) groups is 1. The Kier molecular flexibility index (Phi) is 3.99. The highest BCUT2D eigenvalue weighted by molar-refractivity contribution is 6.38. The molecule has 1 atom stereocenters. The van der Waals surface area contributed by atoms with Crippen LogP contribution in [0.1, 0.15) is 5.56 Å². The highest BCUT2D eigenvalue weighted by atomic mass is 35.5. The summed E-state index contributed by atoms with van der Waals surface area (Å²) in [4.78, 5) is 11.0. The molecule has 0 amide bonds. The molecule has 2 rings (SSSR count). The van der Waals surface area contributed by atoms with Crippen molar-refractivity contribution in [2.75, 3.05) is 7.11 Å². The van der Waals surface area contributed by atoms with E-state index in [4.69, 9.17) is 37.8 Å². The van der Waals surface area contributed by atoms with Gasteiger partial charge in [-0.2, -0.15) is 13.2 Å². The Hall–Kier alpha value is -1.60. The smallest absolute Gasteiger partial charge is 0.430 e. The van der Waals surface area contributed by atoms with E-state index in [1.165, 1.54) is 13.2 Å². The first-order valence-corrected chi connectivity index (χ1v) is 6.16. The molecule has 1 aromatic carbocycles. The van der Waals surface area contributed by atoms with Crippen LogP contribution >= 0.6 is 23.2 Å². The standard InChI is InChI=1S/C12H7Cl2F3O4/c1-20-9-6(13)3-4-2-5(11(18)19)10(12(15,16)17)21-8(4)7(9)14/h2-3,10H,1H3,(H,18,19). The maximum Gasteiger partial charge on any atom is 0.430 e. The number of benzene rings is 1. The van der Waals surface area contributed by atoms with Crippen molar-refractivity contribution in [3.8, 4) is 11.5 Å². The van der Waals surface area contributed by atoms with Crippen molar-refractivity contribution in [2.45, 2.75) is 12.3 Å². The van der Waals surface area contributed by atoms with Gasteiger partial charge >= 0.3 is 12.1 Å². The third-order valence-corrected chi connectivity index (χ3v) is 3.36. The first kappa shape index (κ1) is 15.8. The van der Waals surface area contributed by atoms with Crippen molar-refractivity contribution in [3.63, 3.8) is 0 Å².